The summed E-state index contributed by atoms with van der Waals surface area (Å²) in [6, 6.07) is 0. The molecular weight excluding hydrogens is 83.0 g/mol. The molecule has 0 aromatic heterocycles. The molecule has 0 spiro atoms. The second-order valence-corrected chi connectivity index (χ2v) is 1.32. The zero-order valence-electron chi connectivity index (χ0n) is 3.14. The fraction of sp³-hybridized carbons (Fsp3) is 0.333. The molecule has 0 N–H and O–H groups in total. The van der Waals surface area contributed by atoms with Crippen molar-refractivity contribution in [2.75, 3.05) is 0 Å². The molecule has 0 amide bonds. The van der Waals surface area contributed by atoms with Crippen molar-refractivity contribution in [1.82, 2.24) is 0 Å². The Hall–Kier alpha value is -0.0300. The molecule has 0 aromatic carbocycles. The second-order valence-electron chi connectivity index (χ2n) is 0.662. The molecule has 0 aliphatic heterocycles. The van der Waals surface area contributed by atoms with Crippen LogP contribution in [0.3, 0.4) is 0 Å². The minimum absolute atomic E-state index is 0.645. The molecule has 0 bridgehead atoms. The van der Waals surface area contributed by atoms with Gasteiger partial charge in [-0.25, -0.2) is 0 Å². The maximum Gasteiger partial charge on any atom is 0.0849 e. The minimum Gasteiger partial charge on any atom is -0.326 e. The summed E-state index contributed by atoms with van der Waals surface area (Å²) < 4.78 is 9.53. The third kappa shape index (κ3) is 3.97. The lowest BCUT2D eigenvalue weighted by Gasteiger charge is -1.52. The predicted octanol–water partition coefficient (Wildman–Crippen LogP) is 1.28. The topological polar surface area (TPSA) is 17.1 Å². The van der Waals surface area contributed by atoms with E-state index >= 15 is 0 Å². The fourth-order valence-electron chi connectivity index (χ4n) is 0.0786. The Morgan fingerprint density at radius 3 is 2.40 bits per heavy atom. The summed E-state index contributed by atoms with van der Waals surface area (Å²) >= 11 is 0. The van der Waals surface area contributed by atoms with Gasteiger partial charge in [0.25, 0.3) is 0 Å². The largest absolute Gasteiger partial charge is 0.326 e. The molecule has 0 aromatic rings. The molecule has 2 heteroatoms. The lowest BCUT2D eigenvalue weighted by molar-refractivity contribution is 0.603. The van der Waals surface area contributed by atoms with Crippen molar-refractivity contribution in [3.8, 4) is 0 Å². The first-order valence-electron chi connectivity index (χ1n) is 1.48. The van der Waals surface area contributed by atoms with Crippen LogP contribution < -0.4 is 0 Å². The lowest BCUT2D eigenvalue weighted by atomic mass is 10.8. The van der Waals surface area contributed by atoms with Crippen molar-refractivity contribution in [3.05, 3.63) is 11.9 Å². The van der Waals surface area contributed by atoms with Crippen LogP contribution in [0.4, 0.5) is 0 Å². The monoisotopic (exact) mass is 90.0 g/mol. The van der Waals surface area contributed by atoms with Crippen molar-refractivity contribution in [2.24, 2.45) is 0 Å². The van der Waals surface area contributed by atoms with Crippen molar-refractivity contribution in [1.29, 1.82) is 0 Å². The van der Waals surface area contributed by atoms with E-state index < -0.39 is 8.46 Å². The van der Waals surface area contributed by atoms with Crippen molar-refractivity contribution in [3.63, 3.8) is 0 Å². The van der Waals surface area contributed by atoms with Crippen LogP contribution in [0.5, 0.6) is 0 Å². The average Bonchev–Trinajstić information content (AvgIpc) is 1.41. The summed E-state index contributed by atoms with van der Waals surface area (Å²) in [5, 5.41) is 0. The highest BCUT2D eigenvalue weighted by Gasteiger charge is 1.46. The quantitative estimate of drug-likeness (QED) is 0.443. The lowest BCUT2D eigenvalue weighted by Crippen LogP contribution is -1.22. The van der Waals surface area contributed by atoms with Gasteiger partial charge in [0.1, 0.15) is 0 Å². The number of allylic oxidation sites excluding steroid dienone is 1. The van der Waals surface area contributed by atoms with Crippen LogP contribution >= 0.6 is 8.46 Å². The highest BCUT2D eigenvalue weighted by molar-refractivity contribution is 7.27. The first kappa shape index (κ1) is 4.97. The smallest absolute Gasteiger partial charge is 0.0849 e. The highest BCUT2D eigenvalue weighted by atomic mass is 31.1. The predicted molar refractivity (Wildman–Crippen MR) is 25.2 cm³/mol. The normalized spacial score (nSPS) is 12.2. The first-order valence-corrected chi connectivity index (χ1v) is 2.62. The van der Waals surface area contributed by atoms with Crippen LogP contribution in [0.2, 0.25) is 0 Å². The van der Waals surface area contributed by atoms with Crippen LogP contribution in [0.1, 0.15) is 6.92 Å². The summed E-state index contributed by atoms with van der Waals surface area (Å²) in [6.45, 7) is 1.85. The van der Waals surface area contributed by atoms with Gasteiger partial charge in [0.15, 0.2) is 0 Å². The van der Waals surface area contributed by atoms with E-state index in [0.29, 0.717) is 0 Å². The van der Waals surface area contributed by atoms with Gasteiger partial charge in [0.2, 0.25) is 0 Å². The SMILES string of the molecule is CC=C[PH2]=O. The molecule has 0 aliphatic rings. The molecule has 5 heavy (non-hydrogen) atoms. The van der Waals surface area contributed by atoms with Gasteiger partial charge in [-0.3, -0.25) is 0 Å². The van der Waals surface area contributed by atoms with Gasteiger partial charge >= 0.3 is 0 Å². The van der Waals surface area contributed by atoms with Gasteiger partial charge in [-0.1, -0.05) is 6.08 Å². The summed E-state index contributed by atoms with van der Waals surface area (Å²) in [4.78, 5) is 0. The fourth-order valence-corrected chi connectivity index (χ4v) is 0.236. The summed E-state index contributed by atoms with van der Waals surface area (Å²) in [7, 11) is -0.645. The molecule has 0 saturated heterocycles. The third-order valence-electron chi connectivity index (χ3n) is 0.271. The Labute approximate surface area is 32.9 Å². The van der Waals surface area contributed by atoms with E-state index in [1.54, 1.807) is 11.9 Å². The van der Waals surface area contributed by atoms with Crippen LogP contribution in [0.15, 0.2) is 11.9 Å². The summed E-state index contributed by atoms with van der Waals surface area (Å²) in [5.41, 5.74) is 0. The average molecular weight is 90.1 g/mol. The molecule has 0 heterocycles. The molecule has 1 atom stereocenters. The van der Waals surface area contributed by atoms with E-state index in [1.807, 2.05) is 6.92 Å². The van der Waals surface area contributed by atoms with Gasteiger partial charge in [0.05, 0.1) is 8.46 Å². The molecule has 0 rings (SSSR count). The van der Waals surface area contributed by atoms with Crippen LogP contribution in [0.25, 0.3) is 0 Å². The number of hydrogen-bond acceptors (Lipinski definition) is 1. The van der Waals surface area contributed by atoms with E-state index in [-0.39, 0.29) is 0 Å². The van der Waals surface area contributed by atoms with Gasteiger partial charge in [-0.2, -0.15) is 0 Å². The van der Waals surface area contributed by atoms with Crippen molar-refractivity contribution in [2.45, 2.75) is 6.92 Å². The van der Waals surface area contributed by atoms with E-state index in [2.05, 4.69) is 0 Å². The zero-order chi connectivity index (χ0) is 4.12. The summed E-state index contributed by atoms with van der Waals surface area (Å²) in [5.74, 6) is 1.65. The Morgan fingerprint density at radius 1 is 1.80 bits per heavy atom. The first-order chi connectivity index (χ1) is 2.41. The molecule has 1 nitrogen and oxygen atoms in total. The van der Waals surface area contributed by atoms with Gasteiger partial charge in [0, 0.05) is 0 Å². The maximum absolute atomic E-state index is 9.53. The van der Waals surface area contributed by atoms with E-state index in [0.717, 1.165) is 0 Å². The van der Waals surface area contributed by atoms with E-state index in [9.17, 15) is 4.57 Å². The van der Waals surface area contributed by atoms with Gasteiger partial charge in [-0.05, 0) is 12.7 Å². The Bertz CT molecular complexity index is 48.9. The highest BCUT2D eigenvalue weighted by Crippen LogP contribution is 1.88. The van der Waals surface area contributed by atoms with Gasteiger partial charge < -0.3 is 4.57 Å². The van der Waals surface area contributed by atoms with Crippen molar-refractivity contribution >= 4 is 8.46 Å². The molecule has 0 fully saturated rings. The van der Waals surface area contributed by atoms with Crippen LogP contribution in [-0.2, 0) is 4.57 Å². The van der Waals surface area contributed by atoms with E-state index in [4.69, 9.17) is 0 Å². The van der Waals surface area contributed by atoms with Crippen LogP contribution in [0, 0.1) is 0 Å². The second kappa shape index (κ2) is 3.97. The Kier molecular flexibility index (Phi) is 3.95. The third-order valence-corrected chi connectivity index (χ3v) is 0.813. The maximum atomic E-state index is 9.53. The number of rotatable bonds is 1. The summed E-state index contributed by atoms with van der Waals surface area (Å²) in [6.07, 6.45) is 1.78. The minimum atomic E-state index is -0.645. The van der Waals surface area contributed by atoms with Crippen LogP contribution in [-0.4, -0.2) is 0 Å². The standard InChI is InChI=1S/C3H7OP/c1-2-3-5-4/h2-3H,5H2,1H3. The molecule has 0 radical (unpaired) electrons. The molecular formula is C3H7OP. The van der Waals surface area contributed by atoms with Gasteiger partial charge in [-0.15, -0.1) is 0 Å². The van der Waals surface area contributed by atoms with Crippen molar-refractivity contribution < 1.29 is 4.57 Å². The molecule has 1 unspecified atom stereocenters. The zero-order valence-corrected chi connectivity index (χ0v) is 4.29. The Morgan fingerprint density at radius 2 is 2.40 bits per heavy atom. The van der Waals surface area contributed by atoms with E-state index in [1.165, 1.54) is 0 Å². The number of hydrogen-bond donors (Lipinski definition) is 0. The Balaban J connectivity index is 2.92. The molecule has 30 valence electrons. The molecule has 0 aliphatic carbocycles. The molecule has 0 saturated carbocycles.